The topological polar surface area (TPSA) is 85.4 Å². The van der Waals surface area contributed by atoms with Crippen molar-refractivity contribution in [3.05, 3.63) is 88.7 Å². The standard InChI is InChI=1S/C19H15N5O2S/c25-24(26)16-6-2-7-17(11-16)27-21-12-14-4-1-5-15(10-14)18-13-23-19(22-18)8-3-9-20-23/h1-11,13,21H,12H2. The summed E-state index contributed by atoms with van der Waals surface area (Å²) >= 11 is 1.37. The number of benzene rings is 2. The van der Waals surface area contributed by atoms with Gasteiger partial charge in [-0.15, -0.1) is 0 Å². The minimum absolute atomic E-state index is 0.0873. The summed E-state index contributed by atoms with van der Waals surface area (Å²) in [5, 5.41) is 15.1. The number of rotatable bonds is 6. The Hall–Kier alpha value is -3.23. The SMILES string of the molecule is O=[N+]([O-])c1cccc(SNCc2cccc(-c3cn4ncccc4n3)c2)c1. The van der Waals surface area contributed by atoms with E-state index in [9.17, 15) is 10.1 Å². The highest BCUT2D eigenvalue weighted by molar-refractivity contribution is 7.97. The molecule has 0 fully saturated rings. The van der Waals surface area contributed by atoms with Crippen molar-refractivity contribution >= 4 is 23.3 Å². The molecule has 0 radical (unpaired) electrons. The van der Waals surface area contributed by atoms with Crippen molar-refractivity contribution in [3.63, 3.8) is 0 Å². The number of non-ortho nitro benzene ring substituents is 1. The monoisotopic (exact) mass is 377 g/mol. The van der Waals surface area contributed by atoms with Crippen LogP contribution in [0.2, 0.25) is 0 Å². The molecule has 134 valence electrons. The predicted octanol–water partition coefficient (Wildman–Crippen LogP) is 4.10. The van der Waals surface area contributed by atoms with Gasteiger partial charge in [-0.1, -0.05) is 24.3 Å². The number of hydrogen-bond acceptors (Lipinski definition) is 6. The molecule has 0 saturated heterocycles. The molecule has 0 spiro atoms. The van der Waals surface area contributed by atoms with Crippen LogP contribution in [0.1, 0.15) is 5.56 Å². The van der Waals surface area contributed by atoms with E-state index in [4.69, 9.17) is 0 Å². The number of fused-ring (bicyclic) bond motifs is 1. The smallest absolute Gasteiger partial charge is 0.258 e. The van der Waals surface area contributed by atoms with E-state index in [1.54, 1.807) is 22.8 Å². The van der Waals surface area contributed by atoms with Crippen molar-refractivity contribution in [1.82, 2.24) is 19.3 Å². The maximum absolute atomic E-state index is 10.8. The van der Waals surface area contributed by atoms with Gasteiger partial charge in [-0.2, -0.15) is 5.10 Å². The molecule has 2 aromatic heterocycles. The fourth-order valence-corrected chi connectivity index (χ4v) is 3.41. The van der Waals surface area contributed by atoms with Gasteiger partial charge in [0.05, 0.1) is 16.8 Å². The lowest BCUT2D eigenvalue weighted by Gasteiger charge is -2.06. The zero-order valence-corrected chi connectivity index (χ0v) is 15.0. The quantitative estimate of drug-likeness (QED) is 0.309. The summed E-state index contributed by atoms with van der Waals surface area (Å²) in [6, 6.07) is 18.4. The first kappa shape index (κ1) is 17.2. The van der Waals surface area contributed by atoms with Gasteiger partial charge in [-0.25, -0.2) is 9.50 Å². The molecule has 0 atom stereocenters. The average molecular weight is 377 g/mol. The maximum Gasteiger partial charge on any atom is 0.270 e. The Morgan fingerprint density at radius 1 is 1.11 bits per heavy atom. The molecule has 0 bridgehead atoms. The molecule has 0 saturated carbocycles. The Bertz CT molecular complexity index is 1080. The van der Waals surface area contributed by atoms with Crippen LogP contribution < -0.4 is 4.72 Å². The van der Waals surface area contributed by atoms with Gasteiger partial charge in [0.2, 0.25) is 0 Å². The summed E-state index contributed by atoms with van der Waals surface area (Å²) in [7, 11) is 0. The third-order valence-corrected chi connectivity index (χ3v) is 4.73. The molecule has 7 nitrogen and oxygen atoms in total. The fourth-order valence-electron chi connectivity index (χ4n) is 2.67. The van der Waals surface area contributed by atoms with Crippen LogP contribution in [0, 0.1) is 10.1 Å². The van der Waals surface area contributed by atoms with E-state index < -0.39 is 4.92 Å². The first-order chi connectivity index (χ1) is 13.2. The van der Waals surface area contributed by atoms with Crippen molar-refractivity contribution in [3.8, 4) is 11.3 Å². The van der Waals surface area contributed by atoms with E-state index in [2.05, 4.69) is 20.9 Å². The Morgan fingerprint density at radius 3 is 2.85 bits per heavy atom. The van der Waals surface area contributed by atoms with Crippen LogP contribution in [-0.2, 0) is 6.54 Å². The lowest BCUT2D eigenvalue weighted by Crippen LogP contribution is -2.03. The molecule has 0 amide bonds. The first-order valence-electron chi connectivity index (χ1n) is 8.23. The lowest BCUT2D eigenvalue weighted by atomic mass is 10.1. The van der Waals surface area contributed by atoms with E-state index in [1.807, 2.05) is 42.6 Å². The van der Waals surface area contributed by atoms with E-state index in [0.717, 1.165) is 27.4 Å². The molecule has 2 heterocycles. The molecule has 0 aliphatic carbocycles. The van der Waals surface area contributed by atoms with E-state index in [1.165, 1.54) is 18.0 Å². The molecule has 2 aromatic carbocycles. The summed E-state index contributed by atoms with van der Waals surface area (Å²) in [6.07, 6.45) is 3.63. The first-order valence-corrected chi connectivity index (χ1v) is 9.04. The molecule has 4 aromatic rings. The van der Waals surface area contributed by atoms with Crippen molar-refractivity contribution < 1.29 is 4.92 Å². The van der Waals surface area contributed by atoms with Crippen LogP contribution in [0.5, 0.6) is 0 Å². The third kappa shape index (κ3) is 3.97. The van der Waals surface area contributed by atoms with Crippen LogP contribution in [0.4, 0.5) is 5.69 Å². The maximum atomic E-state index is 10.8. The number of imidazole rings is 1. The number of nitrogens with one attached hydrogen (secondary N) is 1. The molecular weight excluding hydrogens is 362 g/mol. The number of nitrogens with zero attached hydrogens (tertiary/aromatic N) is 4. The van der Waals surface area contributed by atoms with Gasteiger partial charge >= 0.3 is 0 Å². The minimum atomic E-state index is -0.392. The van der Waals surface area contributed by atoms with Crippen molar-refractivity contribution in [2.24, 2.45) is 0 Å². The zero-order valence-electron chi connectivity index (χ0n) is 14.1. The van der Waals surface area contributed by atoms with Crippen molar-refractivity contribution in [2.75, 3.05) is 0 Å². The second-order valence-electron chi connectivity index (χ2n) is 5.83. The summed E-state index contributed by atoms with van der Waals surface area (Å²) < 4.78 is 4.99. The summed E-state index contributed by atoms with van der Waals surface area (Å²) in [5.41, 5.74) is 3.86. The third-order valence-electron chi connectivity index (χ3n) is 3.95. The average Bonchev–Trinajstić information content (AvgIpc) is 3.13. The Morgan fingerprint density at radius 2 is 2.00 bits per heavy atom. The van der Waals surface area contributed by atoms with Crippen LogP contribution >= 0.6 is 11.9 Å². The van der Waals surface area contributed by atoms with Crippen molar-refractivity contribution in [1.29, 1.82) is 0 Å². The van der Waals surface area contributed by atoms with Gasteiger partial charge in [0.15, 0.2) is 5.65 Å². The van der Waals surface area contributed by atoms with E-state index in [0.29, 0.717) is 6.54 Å². The van der Waals surface area contributed by atoms with E-state index in [-0.39, 0.29) is 5.69 Å². The van der Waals surface area contributed by atoms with Crippen LogP contribution in [0.3, 0.4) is 0 Å². The van der Waals surface area contributed by atoms with Gasteiger partial charge in [0.25, 0.3) is 5.69 Å². The number of nitro groups is 1. The van der Waals surface area contributed by atoms with Gasteiger partial charge in [-0.05, 0) is 41.8 Å². The Labute approximate surface area is 159 Å². The summed E-state index contributed by atoms with van der Waals surface area (Å²) in [5.74, 6) is 0. The van der Waals surface area contributed by atoms with Gasteiger partial charge in [-0.3, -0.25) is 14.8 Å². The largest absolute Gasteiger partial charge is 0.270 e. The second-order valence-corrected chi connectivity index (χ2v) is 6.79. The van der Waals surface area contributed by atoms with Gasteiger partial charge in [0, 0.05) is 35.3 Å². The van der Waals surface area contributed by atoms with E-state index >= 15 is 0 Å². The van der Waals surface area contributed by atoms with Crippen LogP contribution in [0.15, 0.2) is 78.0 Å². The highest BCUT2D eigenvalue weighted by Gasteiger charge is 2.07. The fraction of sp³-hybridized carbons (Fsp3) is 0.0526. The lowest BCUT2D eigenvalue weighted by molar-refractivity contribution is -0.385. The molecule has 0 aliphatic rings. The summed E-state index contributed by atoms with van der Waals surface area (Å²) in [4.78, 5) is 15.8. The molecule has 0 aliphatic heterocycles. The normalized spacial score (nSPS) is 11.0. The number of aromatic nitrogens is 3. The predicted molar refractivity (Wildman–Crippen MR) is 104 cm³/mol. The highest BCUT2D eigenvalue weighted by atomic mass is 32.2. The molecule has 1 N–H and O–H groups in total. The molecule has 0 unspecified atom stereocenters. The molecule has 27 heavy (non-hydrogen) atoms. The van der Waals surface area contributed by atoms with Crippen molar-refractivity contribution in [2.45, 2.75) is 11.4 Å². The highest BCUT2D eigenvalue weighted by Crippen LogP contribution is 2.23. The Balaban J connectivity index is 1.45. The minimum Gasteiger partial charge on any atom is -0.258 e. The van der Waals surface area contributed by atoms with Gasteiger partial charge < -0.3 is 0 Å². The molecule has 4 rings (SSSR count). The molecular formula is C19H15N5O2S. The number of hydrogen-bond donors (Lipinski definition) is 1. The van der Waals surface area contributed by atoms with Crippen LogP contribution in [0.25, 0.3) is 16.9 Å². The van der Waals surface area contributed by atoms with Gasteiger partial charge in [0.1, 0.15) is 0 Å². The molecule has 8 heteroatoms. The number of nitro benzene ring substituents is 1. The zero-order chi connectivity index (χ0) is 18.6. The second kappa shape index (κ2) is 7.56. The van der Waals surface area contributed by atoms with Crippen LogP contribution in [-0.4, -0.2) is 19.5 Å². The Kier molecular flexibility index (Phi) is 4.82. The summed E-state index contributed by atoms with van der Waals surface area (Å²) in [6.45, 7) is 0.618.